The number of aliphatic imine (C=N–C) groups is 1. The molecule has 1 heterocycles. The Morgan fingerprint density at radius 3 is 2.36 bits per heavy atom. The number of methoxy groups -OCH3 is 2. The first kappa shape index (κ1) is 28.2. The highest BCUT2D eigenvalue weighted by atomic mass is 16.5. The molecule has 2 aromatic carbocycles. The van der Waals surface area contributed by atoms with E-state index in [1.807, 2.05) is 39.0 Å². The molecule has 8 heteroatoms. The number of carbonyl (C=O) groups excluding carboxylic acids is 2. The number of rotatable bonds is 9. The smallest absolute Gasteiger partial charge is 0.336 e. The molecule has 1 unspecified atom stereocenters. The zero-order valence-electron chi connectivity index (χ0n) is 23.4. The van der Waals surface area contributed by atoms with E-state index in [0.717, 1.165) is 11.3 Å². The van der Waals surface area contributed by atoms with Gasteiger partial charge in [-0.25, -0.2) is 4.79 Å². The predicted molar refractivity (Wildman–Crippen MR) is 148 cm³/mol. The summed E-state index contributed by atoms with van der Waals surface area (Å²) in [6, 6.07) is 10.7. The minimum absolute atomic E-state index is 0.00146. The summed E-state index contributed by atoms with van der Waals surface area (Å²) in [7, 11) is 3.17. The van der Waals surface area contributed by atoms with Crippen LogP contribution in [0, 0.1) is 11.8 Å². The average molecular weight is 536 g/mol. The lowest BCUT2D eigenvalue weighted by Crippen LogP contribution is -2.41. The standard InChI is InChI=1S/C31H37NO7/c1-7-38-26-15-20(8-10-23(26)33)29-28(31(35)39-16-17(2)3)18(4)32-22-12-21(13-24(34)30(22)29)19-9-11-25(36-5)27(14-19)37-6/h8-11,14-15,17,21,29-30,33H,7,12-13,16H2,1-6H3/t21-,29+,30?/m0/s1. The molecule has 39 heavy (non-hydrogen) atoms. The number of Topliss-reactive ketones (excluding diaryl/α,β-unsaturated/α-hetero) is 1. The van der Waals surface area contributed by atoms with E-state index in [1.54, 1.807) is 33.3 Å². The maximum Gasteiger partial charge on any atom is 0.336 e. The number of ether oxygens (including phenoxy) is 4. The highest BCUT2D eigenvalue weighted by molar-refractivity contribution is 6.12. The first-order valence-corrected chi connectivity index (χ1v) is 13.3. The molecule has 208 valence electrons. The number of allylic oxidation sites excluding steroid dienone is 1. The average Bonchev–Trinajstić information content (AvgIpc) is 2.91. The number of fused-ring (bicyclic) bond motifs is 1. The van der Waals surface area contributed by atoms with Crippen molar-refractivity contribution in [3.05, 3.63) is 58.8 Å². The second kappa shape index (κ2) is 11.9. The zero-order valence-corrected chi connectivity index (χ0v) is 23.4. The Balaban J connectivity index is 1.78. The quantitative estimate of drug-likeness (QED) is 0.418. The fourth-order valence-corrected chi connectivity index (χ4v) is 5.46. The Kier molecular flexibility index (Phi) is 8.63. The number of benzene rings is 2. The van der Waals surface area contributed by atoms with Crippen LogP contribution in [-0.4, -0.2) is 50.0 Å². The van der Waals surface area contributed by atoms with Gasteiger partial charge in [0.25, 0.3) is 0 Å². The number of ketones is 1. The Bertz CT molecular complexity index is 1310. The number of hydrogen-bond donors (Lipinski definition) is 1. The van der Waals surface area contributed by atoms with Crippen molar-refractivity contribution < 1.29 is 33.6 Å². The van der Waals surface area contributed by atoms with Crippen molar-refractivity contribution in [2.75, 3.05) is 27.4 Å². The van der Waals surface area contributed by atoms with Crippen LogP contribution in [0.1, 0.15) is 63.5 Å². The summed E-state index contributed by atoms with van der Waals surface area (Å²) in [6.07, 6.45) is 0.851. The third kappa shape index (κ3) is 5.79. The molecule has 2 aromatic rings. The molecule has 1 aliphatic heterocycles. The molecule has 1 fully saturated rings. The Morgan fingerprint density at radius 2 is 1.69 bits per heavy atom. The molecule has 0 bridgehead atoms. The fraction of sp³-hybridized carbons (Fsp3) is 0.452. The minimum atomic E-state index is -0.620. The number of aromatic hydroxyl groups is 1. The first-order valence-electron chi connectivity index (χ1n) is 13.3. The van der Waals surface area contributed by atoms with Crippen LogP contribution in [-0.2, 0) is 14.3 Å². The Hall–Kier alpha value is -3.81. The highest BCUT2D eigenvalue weighted by Crippen LogP contribution is 2.47. The van der Waals surface area contributed by atoms with E-state index in [4.69, 9.17) is 23.9 Å². The van der Waals surface area contributed by atoms with E-state index >= 15 is 0 Å². The van der Waals surface area contributed by atoms with Crippen molar-refractivity contribution in [2.45, 2.75) is 52.4 Å². The second-order valence-corrected chi connectivity index (χ2v) is 10.4. The molecule has 0 aromatic heterocycles. The maximum atomic E-state index is 13.9. The normalized spacial score (nSPS) is 20.8. The Morgan fingerprint density at radius 1 is 1.00 bits per heavy atom. The fourth-order valence-electron chi connectivity index (χ4n) is 5.46. The van der Waals surface area contributed by atoms with Gasteiger partial charge in [-0.3, -0.25) is 9.79 Å². The molecule has 8 nitrogen and oxygen atoms in total. The molecule has 0 radical (unpaired) electrons. The van der Waals surface area contributed by atoms with E-state index in [2.05, 4.69) is 0 Å². The maximum absolute atomic E-state index is 13.9. The van der Waals surface area contributed by atoms with Gasteiger partial charge in [0.1, 0.15) is 5.78 Å². The van der Waals surface area contributed by atoms with E-state index in [1.165, 1.54) is 6.07 Å². The molecule has 0 spiro atoms. The largest absolute Gasteiger partial charge is 0.504 e. The van der Waals surface area contributed by atoms with Gasteiger partial charge in [0.05, 0.1) is 38.9 Å². The monoisotopic (exact) mass is 535 g/mol. The molecule has 0 saturated heterocycles. The number of carbonyl (C=O) groups is 2. The molecule has 3 atom stereocenters. The SMILES string of the molecule is CCOc1cc([C@@H]2C(C(=O)OCC(C)C)=C(C)N=C3C[C@H](c4ccc(OC)c(OC)c4)CC(=O)C32)ccc1O. The molecular weight excluding hydrogens is 498 g/mol. The molecule has 2 aliphatic rings. The van der Waals surface area contributed by atoms with Gasteiger partial charge in [-0.05, 0) is 67.5 Å². The van der Waals surface area contributed by atoms with Crippen LogP contribution in [0.2, 0.25) is 0 Å². The van der Waals surface area contributed by atoms with E-state index in [0.29, 0.717) is 53.5 Å². The lowest BCUT2D eigenvalue weighted by atomic mass is 9.66. The van der Waals surface area contributed by atoms with E-state index in [-0.39, 0.29) is 30.0 Å². The number of esters is 1. The van der Waals surface area contributed by atoms with E-state index in [9.17, 15) is 14.7 Å². The molecule has 0 amide bonds. The van der Waals surface area contributed by atoms with Crippen molar-refractivity contribution >= 4 is 17.5 Å². The highest BCUT2D eigenvalue weighted by Gasteiger charge is 2.46. The van der Waals surface area contributed by atoms with Crippen molar-refractivity contribution in [1.29, 1.82) is 0 Å². The van der Waals surface area contributed by atoms with Crippen molar-refractivity contribution in [3.8, 4) is 23.0 Å². The van der Waals surface area contributed by atoms with Gasteiger partial charge >= 0.3 is 5.97 Å². The van der Waals surface area contributed by atoms with Gasteiger partial charge in [0.15, 0.2) is 23.0 Å². The third-order valence-electron chi connectivity index (χ3n) is 7.24. The number of nitrogens with zero attached hydrogens (tertiary/aromatic N) is 1. The third-order valence-corrected chi connectivity index (χ3v) is 7.24. The van der Waals surface area contributed by atoms with E-state index < -0.39 is 17.8 Å². The topological polar surface area (TPSA) is 104 Å². The van der Waals surface area contributed by atoms with Crippen LogP contribution in [0.4, 0.5) is 0 Å². The molecule has 1 aliphatic carbocycles. The summed E-state index contributed by atoms with van der Waals surface area (Å²) < 4.78 is 22.1. The summed E-state index contributed by atoms with van der Waals surface area (Å²) in [4.78, 5) is 32.1. The van der Waals surface area contributed by atoms with Crippen LogP contribution in [0.15, 0.2) is 52.7 Å². The summed E-state index contributed by atoms with van der Waals surface area (Å²) in [5.74, 6) is -0.101. The van der Waals surface area contributed by atoms with Crippen molar-refractivity contribution in [1.82, 2.24) is 0 Å². The molecular formula is C31H37NO7. The van der Waals surface area contributed by atoms with Gasteiger partial charge in [0.2, 0.25) is 0 Å². The number of phenolic OH excluding ortho intramolecular Hbond substituents is 1. The van der Waals surface area contributed by atoms with Crippen LogP contribution in [0.25, 0.3) is 0 Å². The summed E-state index contributed by atoms with van der Waals surface area (Å²) in [5.41, 5.74) is 3.30. The van der Waals surface area contributed by atoms with Crippen molar-refractivity contribution in [2.24, 2.45) is 16.8 Å². The van der Waals surface area contributed by atoms with Crippen LogP contribution >= 0.6 is 0 Å². The first-order chi connectivity index (χ1) is 18.7. The van der Waals surface area contributed by atoms with Crippen LogP contribution in [0.3, 0.4) is 0 Å². The van der Waals surface area contributed by atoms with Gasteiger partial charge in [-0.15, -0.1) is 0 Å². The second-order valence-electron chi connectivity index (χ2n) is 10.4. The molecule has 1 saturated carbocycles. The predicted octanol–water partition coefficient (Wildman–Crippen LogP) is 5.58. The molecule has 4 rings (SSSR count). The van der Waals surface area contributed by atoms with Crippen LogP contribution < -0.4 is 14.2 Å². The molecule has 1 N–H and O–H groups in total. The van der Waals surface area contributed by atoms with Crippen molar-refractivity contribution in [3.63, 3.8) is 0 Å². The minimum Gasteiger partial charge on any atom is -0.504 e. The van der Waals surface area contributed by atoms with Crippen LogP contribution in [0.5, 0.6) is 23.0 Å². The number of phenols is 1. The number of hydrogen-bond acceptors (Lipinski definition) is 8. The van der Waals surface area contributed by atoms with Gasteiger partial charge in [0, 0.05) is 23.7 Å². The summed E-state index contributed by atoms with van der Waals surface area (Å²) >= 11 is 0. The lowest BCUT2D eigenvalue weighted by molar-refractivity contribution is -0.140. The summed E-state index contributed by atoms with van der Waals surface area (Å²) in [6.45, 7) is 8.18. The van der Waals surface area contributed by atoms with Gasteiger partial charge in [-0.1, -0.05) is 26.0 Å². The van der Waals surface area contributed by atoms with Gasteiger partial charge in [-0.2, -0.15) is 0 Å². The zero-order chi connectivity index (χ0) is 28.3. The Labute approximate surface area is 229 Å². The summed E-state index contributed by atoms with van der Waals surface area (Å²) in [5, 5.41) is 10.3. The lowest BCUT2D eigenvalue weighted by Gasteiger charge is -2.38. The van der Waals surface area contributed by atoms with Gasteiger partial charge < -0.3 is 24.1 Å².